The average molecular weight is 535 g/mol. The molecule has 3 aromatic heterocycles. The molecule has 206 valence electrons. The molecule has 3 heterocycles. The molecule has 4 rings (SSSR count). The Bertz CT molecular complexity index is 1630. The van der Waals surface area contributed by atoms with Gasteiger partial charge in [-0.3, -0.25) is 9.47 Å². The topological polar surface area (TPSA) is 115 Å². The van der Waals surface area contributed by atoms with Crippen LogP contribution >= 0.6 is 0 Å². The molecule has 0 aliphatic carbocycles. The first-order chi connectivity index (χ1) is 18.0. The van der Waals surface area contributed by atoms with Gasteiger partial charge < -0.3 is 14.6 Å². The Balaban J connectivity index is 2.01. The lowest BCUT2D eigenvalue weighted by atomic mass is 10.0. The van der Waals surface area contributed by atoms with Gasteiger partial charge in [0.25, 0.3) is 0 Å². The Morgan fingerprint density at radius 1 is 0.949 bits per heavy atom. The van der Waals surface area contributed by atoms with E-state index in [0.29, 0.717) is 22.5 Å². The number of rotatable bonds is 3. The van der Waals surface area contributed by atoms with Gasteiger partial charge in [0.2, 0.25) is 0 Å². The molecule has 0 unspecified atom stereocenters. The lowest BCUT2D eigenvalue weighted by molar-refractivity contribution is 0.0541. The minimum absolute atomic E-state index is 0.0288. The van der Waals surface area contributed by atoms with Crippen molar-refractivity contribution < 1.29 is 29.0 Å². The number of hydrogen-bond acceptors (Lipinski definition) is 6. The molecule has 0 radical (unpaired) electrons. The van der Waals surface area contributed by atoms with Crippen molar-refractivity contribution in [3.63, 3.8) is 0 Å². The van der Waals surface area contributed by atoms with Crippen molar-refractivity contribution in [3.8, 4) is 11.1 Å². The van der Waals surface area contributed by atoms with E-state index in [9.17, 15) is 19.5 Å². The highest BCUT2D eigenvalue weighted by molar-refractivity contribution is 6.04. The number of pyridine rings is 1. The van der Waals surface area contributed by atoms with Gasteiger partial charge in [-0.15, -0.1) is 0 Å². The molecule has 10 nitrogen and oxygen atoms in total. The molecule has 0 aliphatic heterocycles. The highest BCUT2D eigenvalue weighted by Crippen LogP contribution is 2.37. The summed E-state index contributed by atoms with van der Waals surface area (Å²) in [5.41, 5.74) is 2.62. The van der Waals surface area contributed by atoms with Crippen molar-refractivity contribution in [1.29, 1.82) is 0 Å². The minimum atomic E-state index is -1.16. The van der Waals surface area contributed by atoms with Crippen LogP contribution in [0.4, 0.5) is 15.4 Å². The summed E-state index contributed by atoms with van der Waals surface area (Å²) in [5.74, 6) is -0.859. The van der Waals surface area contributed by atoms with Gasteiger partial charge in [-0.05, 0) is 84.7 Å². The third kappa shape index (κ3) is 5.45. The second-order valence-electron chi connectivity index (χ2n) is 11.7. The zero-order valence-electron chi connectivity index (χ0n) is 23.7. The van der Waals surface area contributed by atoms with E-state index in [1.54, 1.807) is 59.9 Å². The van der Waals surface area contributed by atoms with Crippen LogP contribution in [0.1, 0.15) is 63.0 Å². The fraction of sp³-hybridized carbons (Fsp3) is 0.379. The average Bonchev–Trinajstić information content (AvgIpc) is 3.37. The summed E-state index contributed by atoms with van der Waals surface area (Å²) in [7, 11) is 1.53. The van der Waals surface area contributed by atoms with E-state index in [0.717, 1.165) is 16.5 Å². The predicted molar refractivity (Wildman–Crippen MR) is 149 cm³/mol. The van der Waals surface area contributed by atoms with E-state index < -0.39 is 29.4 Å². The molecule has 0 fully saturated rings. The highest BCUT2D eigenvalue weighted by atomic mass is 16.6. The minimum Gasteiger partial charge on any atom is -0.478 e. The Kier molecular flexibility index (Phi) is 6.70. The number of ether oxygens (including phenoxy) is 2. The number of aromatic nitrogens is 3. The van der Waals surface area contributed by atoms with Crippen LogP contribution in [0.25, 0.3) is 27.5 Å². The van der Waals surface area contributed by atoms with E-state index in [1.165, 1.54) is 27.2 Å². The second kappa shape index (κ2) is 9.44. The number of carbonyl (C=O) groups is 3. The Morgan fingerprint density at radius 3 is 2.18 bits per heavy atom. The number of nitrogens with zero attached hydrogens (tertiary/aromatic N) is 4. The summed E-state index contributed by atoms with van der Waals surface area (Å²) >= 11 is 0. The molecule has 0 atom stereocenters. The van der Waals surface area contributed by atoms with Crippen molar-refractivity contribution in [2.24, 2.45) is 0 Å². The quantitative estimate of drug-likeness (QED) is 0.322. The normalized spacial score (nSPS) is 12.1. The number of anilines is 1. The highest BCUT2D eigenvalue weighted by Gasteiger charge is 2.27. The Hall–Kier alpha value is -4.34. The molecule has 4 aromatic rings. The van der Waals surface area contributed by atoms with Crippen molar-refractivity contribution in [1.82, 2.24) is 14.2 Å². The van der Waals surface area contributed by atoms with E-state index in [-0.39, 0.29) is 11.1 Å². The van der Waals surface area contributed by atoms with Crippen molar-refractivity contribution >= 4 is 40.4 Å². The zero-order chi connectivity index (χ0) is 29.0. The summed E-state index contributed by atoms with van der Waals surface area (Å²) in [6, 6.07) is 7.36. The molecule has 0 aliphatic rings. The number of carbonyl (C=O) groups excluding carboxylic acids is 2. The first kappa shape index (κ1) is 27.7. The number of aryl methyl sites for hydroxylation is 2. The van der Waals surface area contributed by atoms with Crippen LogP contribution in [0.3, 0.4) is 0 Å². The Labute approximate surface area is 226 Å². The monoisotopic (exact) mass is 534 g/mol. The first-order valence-electron chi connectivity index (χ1n) is 12.5. The standard InChI is InChI=1S/C29H34N4O6/c1-16-10-17(2)24-19(11-16)21(15-32(24)27(37)39-29(6,7)8)18-12-22-20(25(34)35)14-30-33(22)23(13-18)31(9)26(36)38-28(3,4)5/h10-15H,1-9H3,(H,34,35). The van der Waals surface area contributed by atoms with Gasteiger partial charge in [0.1, 0.15) is 22.6 Å². The Morgan fingerprint density at radius 2 is 1.59 bits per heavy atom. The molecule has 1 aromatic carbocycles. The largest absolute Gasteiger partial charge is 0.478 e. The van der Waals surface area contributed by atoms with Gasteiger partial charge in [-0.2, -0.15) is 5.10 Å². The third-order valence-corrected chi connectivity index (χ3v) is 5.98. The van der Waals surface area contributed by atoms with Crippen LogP contribution in [0, 0.1) is 13.8 Å². The van der Waals surface area contributed by atoms with Crippen molar-refractivity contribution in [3.05, 3.63) is 53.3 Å². The van der Waals surface area contributed by atoms with Crippen LogP contribution in [-0.2, 0) is 9.47 Å². The maximum absolute atomic E-state index is 13.2. The fourth-order valence-corrected chi connectivity index (χ4v) is 4.49. The van der Waals surface area contributed by atoms with Gasteiger partial charge in [0.15, 0.2) is 0 Å². The smallest absolute Gasteiger partial charge is 0.419 e. The molecular formula is C29H34N4O6. The van der Waals surface area contributed by atoms with Gasteiger partial charge >= 0.3 is 18.2 Å². The van der Waals surface area contributed by atoms with Crippen LogP contribution in [0.2, 0.25) is 0 Å². The van der Waals surface area contributed by atoms with Gasteiger partial charge in [-0.25, -0.2) is 18.9 Å². The zero-order valence-corrected chi connectivity index (χ0v) is 23.7. The van der Waals surface area contributed by atoms with Crippen LogP contribution < -0.4 is 4.90 Å². The molecule has 0 bridgehead atoms. The van der Waals surface area contributed by atoms with Crippen LogP contribution in [-0.4, -0.2) is 55.7 Å². The van der Waals surface area contributed by atoms with Crippen molar-refractivity contribution in [2.45, 2.75) is 66.6 Å². The summed E-state index contributed by atoms with van der Waals surface area (Å²) in [6.07, 6.45) is 1.77. The fourth-order valence-electron chi connectivity index (χ4n) is 4.49. The summed E-state index contributed by atoms with van der Waals surface area (Å²) in [4.78, 5) is 39.6. The SMILES string of the molecule is Cc1cc(C)c2c(c1)c(-c1cc(N(C)C(=O)OC(C)(C)C)n3ncc(C(=O)O)c3c1)cn2C(=O)OC(C)(C)C. The van der Waals surface area contributed by atoms with E-state index in [4.69, 9.17) is 9.47 Å². The molecule has 1 amide bonds. The van der Waals surface area contributed by atoms with Crippen molar-refractivity contribution in [2.75, 3.05) is 11.9 Å². The number of aromatic carboxylic acids is 1. The lowest BCUT2D eigenvalue weighted by Crippen LogP contribution is -2.35. The molecular weight excluding hydrogens is 500 g/mol. The van der Waals surface area contributed by atoms with E-state index in [2.05, 4.69) is 5.10 Å². The molecule has 39 heavy (non-hydrogen) atoms. The third-order valence-electron chi connectivity index (χ3n) is 5.98. The van der Waals surface area contributed by atoms with Crippen LogP contribution in [0.5, 0.6) is 0 Å². The number of fused-ring (bicyclic) bond motifs is 2. The lowest BCUT2D eigenvalue weighted by Gasteiger charge is -2.25. The summed E-state index contributed by atoms with van der Waals surface area (Å²) in [6.45, 7) is 14.6. The molecule has 0 spiro atoms. The van der Waals surface area contributed by atoms with E-state index >= 15 is 0 Å². The molecule has 1 N–H and O–H groups in total. The van der Waals surface area contributed by atoms with Gasteiger partial charge in [0.05, 0.1) is 17.2 Å². The number of carboxylic acid groups (broad SMARTS) is 1. The number of carboxylic acids is 1. The summed E-state index contributed by atoms with van der Waals surface area (Å²) < 4.78 is 14.1. The second-order valence-corrected chi connectivity index (χ2v) is 11.7. The maximum atomic E-state index is 13.2. The maximum Gasteiger partial charge on any atom is 0.419 e. The molecule has 0 saturated carbocycles. The van der Waals surface area contributed by atoms with E-state index in [1.807, 2.05) is 26.0 Å². The molecule has 0 saturated heterocycles. The number of hydrogen-bond donors (Lipinski definition) is 1. The number of amides is 1. The molecule has 10 heteroatoms. The van der Waals surface area contributed by atoms with Gasteiger partial charge in [-0.1, -0.05) is 11.6 Å². The van der Waals surface area contributed by atoms with Gasteiger partial charge in [0, 0.05) is 24.2 Å². The predicted octanol–water partition coefficient (Wildman–Crippen LogP) is 6.43. The summed E-state index contributed by atoms with van der Waals surface area (Å²) in [5, 5.41) is 14.9. The van der Waals surface area contributed by atoms with Crippen LogP contribution in [0.15, 0.2) is 36.7 Å². The first-order valence-corrected chi connectivity index (χ1v) is 12.5. The number of benzene rings is 1.